The normalized spacial score (nSPS) is 11.4. The summed E-state index contributed by atoms with van der Waals surface area (Å²) in [6, 6.07) is 18.7. The van der Waals surface area contributed by atoms with Crippen molar-refractivity contribution in [2.45, 2.75) is 17.6 Å². The summed E-state index contributed by atoms with van der Waals surface area (Å²) in [5.41, 5.74) is 2.59. The predicted molar refractivity (Wildman–Crippen MR) is 112 cm³/mol. The summed E-state index contributed by atoms with van der Waals surface area (Å²) in [4.78, 5) is 13.0. The Labute approximate surface area is 173 Å². The molecule has 0 saturated carbocycles. The van der Waals surface area contributed by atoms with Gasteiger partial charge in [0.25, 0.3) is 5.91 Å². The predicted octanol–water partition coefficient (Wildman–Crippen LogP) is 4.00. The van der Waals surface area contributed by atoms with Crippen molar-refractivity contribution in [1.29, 1.82) is 0 Å². The van der Waals surface area contributed by atoms with Crippen molar-refractivity contribution < 1.29 is 17.6 Å². The Hall–Kier alpha value is -3.65. The first-order valence-corrected chi connectivity index (χ1v) is 10.9. The summed E-state index contributed by atoms with van der Waals surface area (Å²) in [5, 5.41) is 7.02. The number of benzene rings is 2. The van der Waals surface area contributed by atoms with Gasteiger partial charge in [0.2, 0.25) is 0 Å². The molecule has 4 aromatic rings. The fraction of sp³-hybridized carbons (Fsp3) is 0.0909. The number of aromatic nitrogens is 2. The van der Waals surface area contributed by atoms with Crippen LogP contribution in [0.4, 0.5) is 5.69 Å². The third-order valence-corrected chi connectivity index (χ3v) is 6.26. The number of hydrogen-bond acceptors (Lipinski definition) is 5. The van der Waals surface area contributed by atoms with Crippen LogP contribution in [0.2, 0.25) is 0 Å². The van der Waals surface area contributed by atoms with Gasteiger partial charge in [-0.05, 0) is 49.4 Å². The number of furan rings is 1. The Morgan fingerprint density at radius 3 is 2.60 bits per heavy atom. The summed E-state index contributed by atoms with van der Waals surface area (Å²) in [6.45, 7) is 1.93. The zero-order valence-electron chi connectivity index (χ0n) is 16.1. The lowest BCUT2D eigenvalue weighted by atomic mass is 10.2. The van der Waals surface area contributed by atoms with Gasteiger partial charge in [-0.1, -0.05) is 24.3 Å². The maximum Gasteiger partial charge on any atom is 0.291 e. The highest BCUT2D eigenvalue weighted by molar-refractivity contribution is 7.90. The molecule has 0 spiro atoms. The molecule has 30 heavy (non-hydrogen) atoms. The van der Waals surface area contributed by atoms with Gasteiger partial charge in [0.05, 0.1) is 22.6 Å². The van der Waals surface area contributed by atoms with Gasteiger partial charge in [-0.2, -0.15) is 5.10 Å². The number of carbonyl (C=O) groups excluding carboxylic acids is 1. The molecule has 0 atom stereocenters. The highest BCUT2D eigenvalue weighted by Crippen LogP contribution is 2.22. The number of amides is 1. The van der Waals surface area contributed by atoms with Crippen molar-refractivity contribution in [1.82, 2.24) is 9.78 Å². The summed E-state index contributed by atoms with van der Waals surface area (Å²) in [7, 11) is -3.60. The van der Waals surface area contributed by atoms with Crippen LogP contribution in [0.1, 0.15) is 21.8 Å². The highest BCUT2D eigenvalue weighted by atomic mass is 32.2. The molecule has 0 aliphatic rings. The van der Waals surface area contributed by atoms with Crippen LogP contribution in [-0.4, -0.2) is 24.1 Å². The average Bonchev–Trinajstić information content (AvgIpc) is 3.37. The molecule has 152 valence electrons. The van der Waals surface area contributed by atoms with Crippen molar-refractivity contribution in [3.63, 3.8) is 0 Å². The second-order valence-electron chi connectivity index (χ2n) is 6.74. The molecule has 0 aliphatic carbocycles. The van der Waals surface area contributed by atoms with Crippen LogP contribution in [0.15, 0.2) is 88.5 Å². The quantitative estimate of drug-likeness (QED) is 0.508. The molecule has 1 amide bonds. The second kappa shape index (κ2) is 8.00. The zero-order chi connectivity index (χ0) is 21.1. The van der Waals surface area contributed by atoms with Crippen molar-refractivity contribution in [2.24, 2.45) is 0 Å². The van der Waals surface area contributed by atoms with E-state index in [1.54, 1.807) is 47.3 Å². The average molecular weight is 421 g/mol. The van der Waals surface area contributed by atoms with Gasteiger partial charge in [-0.3, -0.25) is 4.79 Å². The molecule has 7 nitrogen and oxygen atoms in total. The molecule has 1 N–H and O–H groups in total. The molecule has 2 heterocycles. The van der Waals surface area contributed by atoms with Gasteiger partial charge < -0.3 is 9.73 Å². The molecular formula is C22H19N3O4S. The topological polar surface area (TPSA) is 94.2 Å². The molecule has 0 bridgehead atoms. The number of sulfone groups is 1. The summed E-state index contributed by atoms with van der Waals surface area (Å²) < 4.78 is 32.4. The standard InChI is InChI=1S/C22H19N3O4S/c1-16-10-12-23-25(16)19-7-5-6-18(14-19)24-22(26)21-17(11-13-29-21)15-30(27,28)20-8-3-2-4-9-20/h2-14H,15H2,1H3,(H,24,26). The fourth-order valence-electron chi connectivity index (χ4n) is 3.11. The Bertz CT molecular complexity index is 1290. The lowest BCUT2D eigenvalue weighted by Gasteiger charge is -2.09. The van der Waals surface area contributed by atoms with Crippen LogP contribution < -0.4 is 5.32 Å². The fourth-order valence-corrected chi connectivity index (χ4v) is 4.48. The summed E-state index contributed by atoms with van der Waals surface area (Å²) >= 11 is 0. The number of rotatable bonds is 6. The Kier molecular flexibility index (Phi) is 5.24. The SMILES string of the molecule is Cc1ccnn1-c1cccc(NC(=O)c2occc2CS(=O)(=O)c2ccccc2)c1. The van der Waals surface area contributed by atoms with Crippen molar-refractivity contribution in [3.05, 3.63) is 96.2 Å². The summed E-state index contributed by atoms with van der Waals surface area (Å²) in [6.07, 6.45) is 3.01. The van der Waals surface area contributed by atoms with E-state index in [1.807, 2.05) is 19.1 Å². The Balaban J connectivity index is 1.55. The first-order valence-electron chi connectivity index (χ1n) is 9.21. The van der Waals surface area contributed by atoms with E-state index >= 15 is 0 Å². The molecular weight excluding hydrogens is 402 g/mol. The second-order valence-corrected chi connectivity index (χ2v) is 8.73. The number of nitrogens with one attached hydrogen (secondary N) is 1. The van der Waals surface area contributed by atoms with E-state index in [4.69, 9.17) is 4.42 Å². The van der Waals surface area contributed by atoms with Crippen LogP contribution in [0.25, 0.3) is 5.69 Å². The van der Waals surface area contributed by atoms with E-state index in [2.05, 4.69) is 10.4 Å². The minimum Gasteiger partial charge on any atom is -0.459 e. The van der Waals surface area contributed by atoms with E-state index in [-0.39, 0.29) is 16.4 Å². The molecule has 0 fully saturated rings. The first kappa shape index (κ1) is 19.7. The van der Waals surface area contributed by atoms with Gasteiger partial charge in [-0.15, -0.1) is 0 Å². The van der Waals surface area contributed by atoms with Crippen LogP contribution in [0.5, 0.6) is 0 Å². The lowest BCUT2D eigenvalue weighted by molar-refractivity contribution is 0.0996. The van der Waals surface area contributed by atoms with Gasteiger partial charge in [0.15, 0.2) is 15.6 Å². The molecule has 4 rings (SSSR count). The molecule has 0 saturated heterocycles. The maximum atomic E-state index is 12.8. The van der Waals surface area contributed by atoms with E-state index in [0.717, 1.165) is 11.4 Å². The van der Waals surface area contributed by atoms with E-state index in [1.165, 1.54) is 24.5 Å². The zero-order valence-corrected chi connectivity index (χ0v) is 17.0. The smallest absolute Gasteiger partial charge is 0.291 e. The number of carbonyl (C=O) groups is 1. The molecule has 8 heteroatoms. The number of aryl methyl sites for hydroxylation is 1. The lowest BCUT2D eigenvalue weighted by Crippen LogP contribution is -2.15. The third kappa shape index (κ3) is 4.04. The van der Waals surface area contributed by atoms with Crippen molar-refractivity contribution in [3.8, 4) is 5.69 Å². The molecule has 0 radical (unpaired) electrons. The Morgan fingerprint density at radius 1 is 1.07 bits per heavy atom. The molecule has 0 unspecified atom stereocenters. The third-order valence-electron chi connectivity index (χ3n) is 4.58. The first-order chi connectivity index (χ1) is 14.4. The van der Waals surface area contributed by atoms with Crippen LogP contribution in [0.3, 0.4) is 0 Å². The van der Waals surface area contributed by atoms with Crippen LogP contribution in [-0.2, 0) is 15.6 Å². The van der Waals surface area contributed by atoms with E-state index < -0.39 is 15.7 Å². The van der Waals surface area contributed by atoms with E-state index in [0.29, 0.717) is 11.3 Å². The monoisotopic (exact) mass is 421 g/mol. The number of anilines is 1. The number of hydrogen-bond donors (Lipinski definition) is 1. The molecule has 0 aliphatic heterocycles. The van der Waals surface area contributed by atoms with Crippen molar-refractivity contribution >= 4 is 21.4 Å². The van der Waals surface area contributed by atoms with Gasteiger partial charge >= 0.3 is 0 Å². The minimum absolute atomic E-state index is 0.0322. The largest absolute Gasteiger partial charge is 0.459 e. The summed E-state index contributed by atoms with van der Waals surface area (Å²) in [5.74, 6) is -0.884. The van der Waals surface area contributed by atoms with Crippen LogP contribution >= 0.6 is 0 Å². The van der Waals surface area contributed by atoms with Gasteiger partial charge in [0, 0.05) is 23.1 Å². The van der Waals surface area contributed by atoms with Gasteiger partial charge in [0.1, 0.15) is 0 Å². The maximum absolute atomic E-state index is 12.8. The molecule has 2 aromatic heterocycles. The number of nitrogens with zero attached hydrogens (tertiary/aromatic N) is 2. The minimum atomic E-state index is -3.60. The highest BCUT2D eigenvalue weighted by Gasteiger charge is 2.22. The van der Waals surface area contributed by atoms with Gasteiger partial charge in [-0.25, -0.2) is 13.1 Å². The molecule has 2 aromatic carbocycles. The van der Waals surface area contributed by atoms with Crippen LogP contribution in [0, 0.1) is 6.92 Å². The van der Waals surface area contributed by atoms with E-state index in [9.17, 15) is 13.2 Å². The Morgan fingerprint density at radius 2 is 1.87 bits per heavy atom. The van der Waals surface area contributed by atoms with Crippen molar-refractivity contribution in [2.75, 3.05) is 5.32 Å².